The predicted molar refractivity (Wildman–Crippen MR) is 53.1 cm³/mol. The maximum atomic E-state index is 9.75. The van der Waals surface area contributed by atoms with Gasteiger partial charge in [-0.15, -0.1) is 8.37 Å². The van der Waals surface area contributed by atoms with E-state index in [1.807, 2.05) is 13.8 Å². The van der Waals surface area contributed by atoms with Gasteiger partial charge in [0.2, 0.25) is 6.08 Å². The van der Waals surface area contributed by atoms with E-state index in [9.17, 15) is 4.79 Å². The van der Waals surface area contributed by atoms with Gasteiger partial charge in [-0.25, -0.2) is 9.79 Å². The lowest BCUT2D eigenvalue weighted by Crippen LogP contribution is -2.15. The Morgan fingerprint density at radius 2 is 1.92 bits per heavy atom. The summed E-state index contributed by atoms with van der Waals surface area (Å²) in [6, 6.07) is 0. The molecule has 0 rings (SSSR count). The van der Waals surface area contributed by atoms with E-state index in [1.54, 1.807) is 0 Å². The summed E-state index contributed by atoms with van der Waals surface area (Å²) in [5.74, 6) is 0.798. The molecule has 0 unspecified atom stereocenters. The van der Waals surface area contributed by atoms with Crippen LogP contribution in [0.15, 0.2) is 4.99 Å². The van der Waals surface area contributed by atoms with E-state index >= 15 is 0 Å². The Hall–Kier alpha value is -0.350. The minimum Gasteiger partial charge on any atom is -0.211 e. The number of aliphatic imine (C=N–C) groups is 1. The fourth-order valence-corrected chi connectivity index (χ4v) is 1.92. The van der Waals surface area contributed by atoms with Crippen LogP contribution in [0.1, 0.15) is 20.3 Å². The molecule has 0 aliphatic rings. The first kappa shape index (κ1) is 12.7. The van der Waals surface area contributed by atoms with Crippen molar-refractivity contribution in [2.75, 3.05) is 25.5 Å². The van der Waals surface area contributed by atoms with E-state index in [4.69, 9.17) is 8.37 Å². The van der Waals surface area contributed by atoms with Crippen LogP contribution in [-0.2, 0) is 24.6 Å². The van der Waals surface area contributed by atoms with Crippen LogP contribution in [0.2, 0.25) is 0 Å². The monoisotopic (exact) mass is 206 g/mol. The van der Waals surface area contributed by atoms with Gasteiger partial charge < -0.3 is 0 Å². The Bertz CT molecular complexity index is 153. The van der Waals surface area contributed by atoms with Crippen molar-refractivity contribution in [3.05, 3.63) is 0 Å². The third-order valence-electron chi connectivity index (χ3n) is 1.14. The van der Waals surface area contributed by atoms with Gasteiger partial charge in [-0.2, -0.15) is 0 Å². The van der Waals surface area contributed by atoms with Crippen LogP contribution in [0.4, 0.5) is 0 Å². The van der Waals surface area contributed by atoms with Crippen molar-refractivity contribution in [3.63, 3.8) is 0 Å². The SMILES string of the molecule is CCO[S+](CCCN=C=O)OCC. The Morgan fingerprint density at radius 3 is 2.38 bits per heavy atom. The molecule has 76 valence electrons. The summed E-state index contributed by atoms with van der Waals surface area (Å²) < 4.78 is 10.7. The second-order valence-corrected chi connectivity index (χ2v) is 3.63. The molecule has 5 heteroatoms. The maximum Gasteiger partial charge on any atom is 0.314 e. The Labute approximate surface area is 82.1 Å². The number of hydrogen-bond acceptors (Lipinski definition) is 4. The van der Waals surface area contributed by atoms with E-state index in [-0.39, 0.29) is 0 Å². The summed E-state index contributed by atoms with van der Waals surface area (Å²) in [6.07, 6.45) is 2.31. The third kappa shape index (κ3) is 7.99. The second kappa shape index (κ2) is 9.74. The summed E-state index contributed by atoms with van der Waals surface area (Å²) in [4.78, 5) is 13.2. The average Bonchev–Trinajstić information content (AvgIpc) is 2.13. The minimum absolute atomic E-state index is 0.418. The molecule has 0 aromatic carbocycles. The molecule has 0 heterocycles. The van der Waals surface area contributed by atoms with Gasteiger partial charge in [0.05, 0.1) is 6.54 Å². The highest BCUT2D eigenvalue weighted by molar-refractivity contribution is 7.87. The summed E-state index contributed by atoms with van der Waals surface area (Å²) >= 11 is -0.418. The van der Waals surface area contributed by atoms with Crippen LogP contribution in [0.3, 0.4) is 0 Å². The highest BCUT2D eigenvalue weighted by atomic mass is 32.2. The number of hydrogen-bond donors (Lipinski definition) is 0. The molecule has 0 saturated heterocycles. The van der Waals surface area contributed by atoms with Gasteiger partial charge in [0.25, 0.3) is 0 Å². The molecule has 0 N–H and O–H groups in total. The summed E-state index contributed by atoms with van der Waals surface area (Å²) in [5, 5.41) is 0. The van der Waals surface area contributed by atoms with Crippen LogP contribution in [0, 0.1) is 0 Å². The van der Waals surface area contributed by atoms with Crippen molar-refractivity contribution >= 4 is 17.5 Å². The molecule has 0 fully saturated rings. The van der Waals surface area contributed by atoms with Crippen molar-refractivity contribution in [1.82, 2.24) is 0 Å². The minimum atomic E-state index is -0.418. The standard InChI is InChI=1S/C8H16NO3S/c1-3-11-13(12-4-2)7-5-6-9-8-10/h3-7H2,1-2H3/q+1. The van der Waals surface area contributed by atoms with Gasteiger partial charge in [0.1, 0.15) is 13.2 Å². The largest absolute Gasteiger partial charge is 0.314 e. The van der Waals surface area contributed by atoms with Crippen molar-refractivity contribution in [2.45, 2.75) is 20.3 Å². The summed E-state index contributed by atoms with van der Waals surface area (Å²) in [5.41, 5.74) is 0. The first-order chi connectivity index (χ1) is 6.35. The Kier molecular flexibility index (Phi) is 9.47. The van der Waals surface area contributed by atoms with Crippen LogP contribution in [0.5, 0.6) is 0 Å². The molecule has 0 bridgehead atoms. The van der Waals surface area contributed by atoms with Crippen LogP contribution in [-0.4, -0.2) is 31.6 Å². The lowest BCUT2D eigenvalue weighted by molar-refractivity contribution is 0.285. The highest BCUT2D eigenvalue weighted by Crippen LogP contribution is 2.03. The molecule has 0 aliphatic carbocycles. The normalized spacial score (nSPS) is 10.1. The van der Waals surface area contributed by atoms with Crippen LogP contribution < -0.4 is 0 Å². The Morgan fingerprint density at radius 1 is 1.31 bits per heavy atom. The van der Waals surface area contributed by atoms with Gasteiger partial charge in [-0.05, 0) is 13.8 Å². The zero-order valence-electron chi connectivity index (χ0n) is 8.12. The number of carbonyl (C=O) groups excluding carboxylic acids is 1. The van der Waals surface area contributed by atoms with Crippen molar-refractivity contribution in [1.29, 1.82) is 0 Å². The molecular formula is C8H16NO3S+. The predicted octanol–water partition coefficient (Wildman–Crippen LogP) is 1.23. The van der Waals surface area contributed by atoms with Crippen molar-refractivity contribution in [3.8, 4) is 0 Å². The zero-order chi connectivity index (χ0) is 9.94. The number of nitrogens with zero attached hydrogens (tertiary/aromatic N) is 1. The first-order valence-corrected chi connectivity index (χ1v) is 5.60. The summed E-state index contributed by atoms with van der Waals surface area (Å²) in [7, 11) is 0. The van der Waals surface area contributed by atoms with Gasteiger partial charge in [0, 0.05) is 6.42 Å². The van der Waals surface area contributed by atoms with Gasteiger partial charge in [-0.3, -0.25) is 0 Å². The van der Waals surface area contributed by atoms with E-state index in [2.05, 4.69) is 4.99 Å². The molecule has 0 atom stereocenters. The van der Waals surface area contributed by atoms with Crippen molar-refractivity contribution in [2.24, 2.45) is 4.99 Å². The first-order valence-electron chi connectivity index (χ1n) is 4.36. The van der Waals surface area contributed by atoms with Crippen LogP contribution in [0.25, 0.3) is 0 Å². The topological polar surface area (TPSA) is 47.9 Å². The number of rotatable bonds is 8. The Balaban J connectivity index is 3.48. The molecule has 0 spiro atoms. The summed E-state index contributed by atoms with van der Waals surface area (Å²) in [6.45, 7) is 5.68. The highest BCUT2D eigenvalue weighted by Gasteiger charge is 2.20. The third-order valence-corrected chi connectivity index (χ3v) is 2.76. The molecule has 0 aromatic rings. The quantitative estimate of drug-likeness (QED) is 0.260. The van der Waals surface area contributed by atoms with Crippen molar-refractivity contribution < 1.29 is 13.2 Å². The van der Waals surface area contributed by atoms with Gasteiger partial charge >= 0.3 is 11.5 Å². The zero-order valence-corrected chi connectivity index (χ0v) is 8.93. The fourth-order valence-electron chi connectivity index (χ4n) is 0.722. The molecular weight excluding hydrogens is 190 g/mol. The number of isocyanates is 1. The van der Waals surface area contributed by atoms with Crippen LogP contribution >= 0.6 is 0 Å². The molecule has 0 radical (unpaired) electrons. The lowest BCUT2D eigenvalue weighted by Gasteiger charge is -2.00. The van der Waals surface area contributed by atoms with Gasteiger partial charge in [0.15, 0.2) is 5.75 Å². The molecule has 13 heavy (non-hydrogen) atoms. The molecule has 0 aromatic heterocycles. The molecule has 0 saturated carbocycles. The smallest absolute Gasteiger partial charge is 0.211 e. The molecule has 4 nitrogen and oxygen atoms in total. The van der Waals surface area contributed by atoms with E-state index in [0.717, 1.165) is 12.2 Å². The van der Waals surface area contributed by atoms with E-state index in [0.29, 0.717) is 19.8 Å². The molecule has 0 aliphatic heterocycles. The fraction of sp³-hybridized carbons (Fsp3) is 0.875. The lowest BCUT2D eigenvalue weighted by atomic mass is 10.5. The van der Waals surface area contributed by atoms with E-state index in [1.165, 1.54) is 6.08 Å². The average molecular weight is 206 g/mol. The maximum absolute atomic E-state index is 9.75. The second-order valence-electron chi connectivity index (χ2n) is 2.15. The van der Waals surface area contributed by atoms with Gasteiger partial charge in [-0.1, -0.05) is 0 Å². The molecule has 0 amide bonds. The van der Waals surface area contributed by atoms with E-state index < -0.39 is 11.5 Å².